The van der Waals surface area contributed by atoms with Crippen molar-refractivity contribution in [1.82, 2.24) is 5.48 Å². The molecule has 1 amide bonds. The summed E-state index contributed by atoms with van der Waals surface area (Å²) in [5.41, 5.74) is 1.49. The summed E-state index contributed by atoms with van der Waals surface area (Å²) >= 11 is 0. The zero-order valence-electron chi connectivity index (χ0n) is 15.3. The fraction of sp³-hybridized carbons (Fsp3) is 0.947. The molecule has 0 aromatic carbocycles. The van der Waals surface area contributed by atoms with Crippen LogP contribution in [-0.4, -0.2) is 11.1 Å². The largest absolute Gasteiger partial charge is 0.289 e. The molecule has 0 spiro atoms. The number of rotatable bonds is 15. The third-order valence-corrected chi connectivity index (χ3v) is 5.20. The molecule has 0 aromatic rings. The molecule has 0 atom stereocenters. The third-order valence-electron chi connectivity index (χ3n) is 5.20. The summed E-state index contributed by atoms with van der Waals surface area (Å²) in [6, 6.07) is 0. The maximum absolute atomic E-state index is 11.8. The molecule has 0 rings (SSSR count). The molecule has 0 heterocycles. The van der Waals surface area contributed by atoms with Crippen LogP contribution < -0.4 is 5.48 Å². The minimum Gasteiger partial charge on any atom is -0.289 e. The van der Waals surface area contributed by atoms with Crippen molar-refractivity contribution >= 4 is 5.91 Å². The average Bonchev–Trinajstić information content (AvgIpc) is 2.56. The molecule has 0 saturated carbocycles. The predicted molar refractivity (Wildman–Crippen MR) is 94.0 cm³/mol. The zero-order chi connectivity index (χ0) is 16.7. The van der Waals surface area contributed by atoms with Gasteiger partial charge in [0.1, 0.15) is 0 Å². The van der Waals surface area contributed by atoms with Gasteiger partial charge >= 0.3 is 0 Å². The molecule has 3 nitrogen and oxygen atoms in total. The van der Waals surface area contributed by atoms with Crippen LogP contribution in [0.25, 0.3) is 0 Å². The van der Waals surface area contributed by atoms with Gasteiger partial charge in [-0.2, -0.15) is 0 Å². The van der Waals surface area contributed by atoms with Crippen LogP contribution in [0.1, 0.15) is 111 Å². The molecule has 0 aliphatic rings. The lowest BCUT2D eigenvalue weighted by atomic mass is 9.77. The second-order valence-electron chi connectivity index (χ2n) is 6.71. The monoisotopic (exact) mass is 313 g/mol. The van der Waals surface area contributed by atoms with Crippen LogP contribution >= 0.6 is 0 Å². The predicted octanol–water partition coefficient (Wildman–Crippen LogP) is 6.00. The third kappa shape index (κ3) is 8.77. The van der Waals surface area contributed by atoms with Gasteiger partial charge in [-0.1, -0.05) is 91.4 Å². The van der Waals surface area contributed by atoms with Crippen LogP contribution in [0.4, 0.5) is 0 Å². The summed E-state index contributed by atoms with van der Waals surface area (Å²) in [5.74, 6) is -0.204. The van der Waals surface area contributed by atoms with E-state index in [-0.39, 0.29) is 11.3 Å². The van der Waals surface area contributed by atoms with E-state index in [1.807, 2.05) is 19.3 Å². The van der Waals surface area contributed by atoms with Crippen molar-refractivity contribution < 1.29 is 10.0 Å². The van der Waals surface area contributed by atoms with Gasteiger partial charge in [-0.05, 0) is 19.3 Å². The zero-order valence-corrected chi connectivity index (χ0v) is 15.3. The van der Waals surface area contributed by atoms with Crippen molar-refractivity contribution in [2.45, 2.75) is 111 Å². The van der Waals surface area contributed by atoms with Gasteiger partial charge in [0.05, 0.1) is 5.41 Å². The number of hydroxylamine groups is 1. The lowest BCUT2D eigenvalue weighted by Crippen LogP contribution is -2.38. The first kappa shape index (κ1) is 21.4. The van der Waals surface area contributed by atoms with Crippen LogP contribution in [-0.2, 0) is 4.79 Å². The van der Waals surface area contributed by atoms with E-state index in [2.05, 4.69) is 6.92 Å². The van der Waals surface area contributed by atoms with Crippen molar-refractivity contribution in [2.24, 2.45) is 5.41 Å². The second kappa shape index (κ2) is 14.0. The van der Waals surface area contributed by atoms with Crippen LogP contribution in [0.15, 0.2) is 0 Å². The van der Waals surface area contributed by atoms with E-state index in [1.165, 1.54) is 64.2 Å². The van der Waals surface area contributed by atoms with Gasteiger partial charge in [0.2, 0.25) is 5.91 Å². The summed E-state index contributed by atoms with van der Waals surface area (Å²) < 4.78 is 0. The Bertz CT molecular complexity index is 262. The van der Waals surface area contributed by atoms with Gasteiger partial charge in [-0.3, -0.25) is 10.0 Å². The summed E-state index contributed by atoms with van der Waals surface area (Å²) in [6.07, 6.45) is 17.0. The van der Waals surface area contributed by atoms with Gasteiger partial charge in [-0.15, -0.1) is 0 Å². The maximum Gasteiger partial charge on any atom is 0.249 e. The minimum absolute atomic E-state index is 0.204. The number of amides is 1. The summed E-state index contributed by atoms with van der Waals surface area (Å²) in [4.78, 5) is 11.8. The molecular weight excluding hydrogens is 274 g/mol. The molecule has 0 aromatic heterocycles. The Morgan fingerprint density at radius 1 is 0.773 bits per heavy atom. The fourth-order valence-corrected chi connectivity index (χ4v) is 3.28. The van der Waals surface area contributed by atoms with E-state index in [1.54, 1.807) is 0 Å². The van der Waals surface area contributed by atoms with E-state index >= 15 is 0 Å². The number of unbranched alkanes of at least 4 members (excludes halogenated alkanes) is 10. The Kier molecular flexibility index (Phi) is 13.7. The maximum atomic E-state index is 11.8. The Morgan fingerprint density at radius 3 is 1.55 bits per heavy atom. The highest BCUT2D eigenvalue weighted by molar-refractivity contribution is 5.81. The van der Waals surface area contributed by atoms with Crippen molar-refractivity contribution in [3.8, 4) is 0 Å². The van der Waals surface area contributed by atoms with Crippen LogP contribution in [0, 0.1) is 5.41 Å². The van der Waals surface area contributed by atoms with E-state index < -0.39 is 0 Å². The molecule has 0 aliphatic carbocycles. The molecule has 0 bridgehead atoms. The molecule has 0 unspecified atom stereocenters. The van der Waals surface area contributed by atoms with Crippen molar-refractivity contribution in [3.63, 3.8) is 0 Å². The highest BCUT2D eigenvalue weighted by Crippen LogP contribution is 2.33. The standard InChI is InChI=1S/C19H39NO2/c1-4-7-8-9-10-11-12-13-14-15-16-17-19(5-2,6-3)18(21)20-22/h22H,4-17H2,1-3H3,(H,20,21). The van der Waals surface area contributed by atoms with Crippen LogP contribution in [0.2, 0.25) is 0 Å². The minimum atomic E-state index is -0.367. The van der Waals surface area contributed by atoms with E-state index in [9.17, 15) is 4.79 Å². The lowest BCUT2D eigenvalue weighted by Gasteiger charge is -2.29. The van der Waals surface area contributed by atoms with Crippen molar-refractivity contribution in [2.75, 3.05) is 0 Å². The molecule has 0 aliphatic heterocycles. The molecular formula is C19H39NO2. The number of carbonyl (C=O) groups excluding carboxylic acids is 1. The Morgan fingerprint density at radius 2 is 1.18 bits per heavy atom. The molecule has 2 N–H and O–H groups in total. The van der Waals surface area contributed by atoms with E-state index in [0.29, 0.717) is 0 Å². The van der Waals surface area contributed by atoms with Gasteiger partial charge in [0.15, 0.2) is 0 Å². The molecule has 0 fully saturated rings. The molecule has 22 heavy (non-hydrogen) atoms. The summed E-state index contributed by atoms with van der Waals surface area (Å²) in [7, 11) is 0. The van der Waals surface area contributed by atoms with Gasteiger partial charge < -0.3 is 0 Å². The number of carbonyl (C=O) groups is 1. The summed E-state index contributed by atoms with van der Waals surface area (Å²) in [5, 5.41) is 8.91. The van der Waals surface area contributed by atoms with Crippen LogP contribution in [0.3, 0.4) is 0 Å². The first-order valence-corrected chi connectivity index (χ1v) is 9.61. The first-order valence-electron chi connectivity index (χ1n) is 9.61. The van der Waals surface area contributed by atoms with Gasteiger partial charge in [0, 0.05) is 0 Å². The Labute approximate surface area is 138 Å². The van der Waals surface area contributed by atoms with E-state index in [4.69, 9.17) is 5.21 Å². The molecule has 3 heteroatoms. The second-order valence-corrected chi connectivity index (χ2v) is 6.71. The van der Waals surface area contributed by atoms with Gasteiger partial charge in [-0.25, -0.2) is 5.48 Å². The summed E-state index contributed by atoms with van der Waals surface area (Å²) in [6.45, 7) is 6.34. The molecule has 0 saturated heterocycles. The lowest BCUT2D eigenvalue weighted by molar-refractivity contribution is -0.141. The Hall–Kier alpha value is -0.570. The quantitative estimate of drug-likeness (QED) is 0.221. The van der Waals surface area contributed by atoms with Crippen LogP contribution in [0.5, 0.6) is 0 Å². The number of hydrogen-bond donors (Lipinski definition) is 2. The molecule has 132 valence electrons. The number of hydrogen-bond acceptors (Lipinski definition) is 2. The Balaban J connectivity index is 3.60. The normalized spacial score (nSPS) is 11.6. The topological polar surface area (TPSA) is 49.3 Å². The van der Waals surface area contributed by atoms with E-state index in [0.717, 1.165) is 25.7 Å². The SMILES string of the molecule is CCCCCCCCCCCCCC(CC)(CC)C(=O)NO. The van der Waals surface area contributed by atoms with Crippen molar-refractivity contribution in [3.05, 3.63) is 0 Å². The average molecular weight is 314 g/mol. The highest BCUT2D eigenvalue weighted by atomic mass is 16.5. The van der Waals surface area contributed by atoms with Gasteiger partial charge in [0.25, 0.3) is 0 Å². The van der Waals surface area contributed by atoms with Crippen molar-refractivity contribution in [1.29, 1.82) is 0 Å². The highest BCUT2D eigenvalue weighted by Gasteiger charge is 2.33. The number of nitrogens with one attached hydrogen (secondary N) is 1. The first-order chi connectivity index (χ1) is 10.7. The fourth-order valence-electron chi connectivity index (χ4n) is 3.28. The smallest absolute Gasteiger partial charge is 0.249 e. The molecule has 0 radical (unpaired) electrons.